The van der Waals surface area contributed by atoms with Crippen molar-refractivity contribution in [2.24, 2.45) is 0 Å². The Morgan fingerprint density at radius 2 is 1.07 bits per heavy atom. The Morgan fingerprint density at radius 3 is 1.48 bits per heavy atom. The molecule has 0 bridgehead atoms. The number of amides is 4. The molecule has 148 valence electrons. The van der Waals surface area contributed by atoms with E-state index in [1.807, 2.05) is 0 Å². The van der Waals surface area contributed by atoms with E-state index >= 15 is 0 Å². The van der Waals surface area contributed by atoms with Crippen LogP contribution in [0.4, 0.5) is 0 Å². The normalized spacial score (nSPS) is 17.5. The van der Waals surface area contributed by atoms with Crippen LogP contribution in [0.2, 0.25) is 0 Å². The first-order chi connectivity index (χ1) is 12.9. The summed E-state index contributed by atoms with van der Waals surface area (Å²) < 4.78 is 0. The molecule has 2 fully saturated rings. The van der Waals surface area contributed by atoms with Gasteiger partial charge in [0.05, 0.1) is 12.8 Å². The van der Waals surface area contributed by atoms with Gasteiger partial charge in [0.25, 0.3) is 23.6 Å². The minimum absolute atomic E-state index is 0.00401. The molecule has 0 unspecified atom stereocenters. The van der Waals surface area contributed by atoms with Crippen molar-refractivity contribution in [1.29, 1.82) is 0 Å². The Bertz CT molecular complexity index is 622. The van der Waals surface area contributed by atoms with Crippen LogP contribution in [0.5, 0.6) is 0 Å². The Labute approximate surface area is 162 Å². The van der Waals surface area contributed by atoms with E-state index in [-0.39, 0.29) is 38.5 Å². The third kappa shape index (κ3) is 6.54. The molecule has 0 aromatic heterocycles. The molecule has 0 saturated carbocycles. The molecule has 2 rings (SSSR count). The maximum absolute atomic E-state index is 11.7. The molecule has 2 aliphatic rings. The van der Waals surface area contributed by atoms with Gasteiger partial charge in [-0.15, -0.1) is 10.1 Å². The predicted octanol–water partition coefficient (Wildman–Crippen LogP) is 0.752. The molecule has 2 heterocycles. The Balaban J connectivity index is 1.54. The van der Waals surface area contributed by atoms with Gasteiger partial charge in [-0.1, -0.05) is 21.6 Å². The van der Waals surface area contributed by atoms with E-state index in [1.165, 1.54) is 21.6 Å². The van der Waals surface area contributed by atoms with Crippen molar-refractivity contribution < 1.29 is 38.4 Å². The van der Waals surface area contributed by atoms with Gasteiger partial charge in [-0.25, -0.2) is 9.59 Å². The van der Waals surface area contributed by atoms with Crippen LogP contribution in [0, 0.1) is 0 Å². The first-order valence-electron chi connectivity index (χ1n) is 8.26. The maximum Gasteiger partial charge on any atom is 0.334 e. The lowest BCUT2D eigenvalue weighted by Gasteiger charge is -2.22. The highest BCUT2D eigenvalue weighted by atomic mass is 33.1. The lowest BCUT2D eigenvalue weighted by atomic mass is 10.1. The second-order valence-electron chi connectivity index (χ2n) is 5.59. The highest BCUT2D eigenvalue weighted by Crippen LogP contribution is 2.24. The predicted molar refractivity (Wildman–Crippen MR) is 93.1 cm³/mol. The van der Waals surface area contributed by atoms with Gasteiger partial charge in [0.1, 0.15) is 0 Å². The van der Waals surface area contributed by atoms with Crippen molar-refractivity contribution in [1.82, 2.24) is 10.1 Å². The van der Waals surface area contributed by atoms with Gasteiger partial charge in [0, 0.05) is 37.2 Å². The van der Waals surface area contributed by atoms with Gasteiger partial charge in [-0.05, 0) is 6.42 Å². The van der Waals surface area contributed by atoms with E-state index in [0.29, 0.717) is 28.1 Å². The van der Waals surface area contributed by atoms with Crippen LogP contribution in [0.25, 0.3) is 0 Å². The molecule has 4 amide bonds. The highest BCUT2D eigenvalue weighted by Gasteiger charge is 2.32. The topological polar surface area (TPSA) is 127 Å². The van der Waals surface area contributed by atoms with Crippen molar-refractivity contribution in [2.45, 2.75) is 44.9 Å². The largest absolute Gasteiger partial charge is 0.334 e. The van der Waals surface area contributed by atoms with Gasteiger partial charge in [0.2, 0.25) is 0 Å². The van der Waals surface area contributed by atoms with Crippen LogP contribution >= 0.6 is 21.6 Å². The average Bonchev–Trinajstić information content (AvgIpc) is 2.93. The summed E-state index contributed by atoms with van der Waals surface area (Å²) >= 11 is 0. The molecule has 12 heteroatoms. The molecule has 0 spiro atoms. The molecule has 27 heavy (non-hydrogen) atoms. The molecule has 0 aromatic rings. The molecule has 0 aromatic carbocycles. The van der Waals surface area contributed by atoms with E-state index in [4.69, 9.17) is 9.68 Å². The smallest absolute Gasteiger partial charge is 0.330 e. The van der Waals surface area contributed by atoms with E-state index in [2.05, 4.69) is 0 Å². The fourth-order valence-electron chi connectivity index (χ4n) is 2.16. The molecule has 0 N–H and O–H groups in total. The minimum atomic E-state index is -0.687. The SMILES string of the molecule is O=C(CCSSCCC(=O)ON1C(=O)CCC1=O)ON1C(=O)CCCC1=O. The lowest BCUT2D eigenvalue weighted by Crippen LogP contribution is -2.41. The second-order valence-corrected chi connectivity index (χ2v) is 8.29. The van der Waals surface area contributed by atoms with E-state index in [0.717, 1.165) is 0 Å². The van der Waals surface area contributed by atoms with Crippen molar-refractivity contribution in [3.8, 4) is 0 Å². The fourth-order valence-corrected chi connectivity index (χ4v) is 4.10. The zero-order valence-corrected chi connectivity index (χ0v) is 16.0. The maximum atomic E-state index is 11.7. The monoisotopic (exact) mass is 418 g/mol. The third-order valence-electron chi connectivity index (χ3n) is 3.49. The quantitative estimate of drug-likeness (QED) is 0.301. The number of rotatable bonds is 9. The molecular weight excluding hydrogens is 400 g/mol. The molecule has 2 saturated heterocycles. The van der Waals surface area contributed by atoms with Gasteiger partial charge in [-0.2, -0.15) is 0 Å². The first-order valence-corrected chi connectivity index (χ1v) is 10.7. The summed E-state index contributed by atoms with van der Waals surface area (Å²) in [6, 6.07) is 0. The van der Waals surface area contributed by atoms with Crippen LogP contribution < -0.4 is 0 Å². The number of carbonyl (C=O) groups is 6. The summed E-state index contributed by atoms with van der Waals surface area (Å²) in [7, 11) is 2.61. The summed E-state index contributed by atoms with van der Waals surface area (Å²) in [5, 5.41) is 1.03. The molecular formula is C15H18N2O8S2. The zero-order chi connectivity index (χ0) is 19.8. The van der Waals surface area contributed by atoms with Crippen molar-refractivity contribution in [3.05, 3.63) is 0 Å². The van der Waals surface area contributed by atoms with Crippen LogP contribution in [0.15, 0.2) is 0 Å². The number of hydrogen-bond donors (Lipinski definition) is 0. The molecule has 2 aliphatic heterocycles. The summed E-state index contributed by atoms with van der Waals surface area (Å²) in [6.07, 6.45) is 0.887. The molecule has 10 nitrogen and oxygen atoms in total. The highest BCUT2D eigenvalue weighted by molar-refractivity contribution is 8.76. The lowest BCUT2D eigenvalue weighted by molar-refractivity contribution is -0.205. The second kappa shape index (κ2) is 10.3. The number of hydrogen-bond acceptors (Lipinski definition) is 10. The Morgan fingerprint density at radius 1 is 0.704 bits per heavy atom. The van der Waals surface area contributed by atoms with Crippen molar-refractivity contribution >= 4 is 57.2 Å². The third-order valence-corrected chi connectivity index (χ3v) is 5.90. The molecule has 0 atom stereocenters. The summed E-state index contributed by atoms with van der Waals surface area (Å²) in [5.41, 5.74) is 0. The summed E-state index contributed by atoms with van der Waals surface area (Å²) in [4.78, 5) is 78.4. The average molecular weight is 418 g/mol. The standard InChI is InChI=1S/C15H18N2O8S2/c18-10-2-1-3-11(19)16(10)24-14(22)6-8-26-27-9-7-15(23)25-17-12(20)4-5-13(17)21/h1-9H2. The van der Waals surface area contributed by atoms with Crippen molar-refractivity contribution in [3.63, 3.8) is 0 Å². The van der Waals surface area contributed by atoms with Gasteiger partial charge < -0.3 is 9.68 Å². The molecule has 0 radical (unpaired) electrons. The van der Waals surface area contributed by atoms with Gasteiger partial charge in [-0.3, -0.25) is 19.2 Å². The Kier molecular flexibility index (Phi) is 8.10. The summed E-state index contributed by atoms with van der Waals surface area (Å²) in [5.74, 6) is -2.75. The van der Waals surface area contributed by atoms with E-state index in [9.17, 15) is 28.8 Å². The number of piperidine rings is 1. The zero-order valence-electron chi connectivity index (χ0n) is 14.3. The van der Waals surface area contributed by atoms with Crippen molar-refractivity contribution in [2.75, 3.05) is 11.5 Å². The number of carbonyl (C=O) groups excluding carboxylic acids is 6. The number of imide groups is 2. The van der Waals surface area contributed by atoms with E-state index < -0.39 is 35.6 Å². The van der Waals surface area contributed by atoms with Crippen LogP contribution in [-0.2, 0) is 38.4 Å². The van der Waals surface area contributed by atoms with Crippen LogP contribution in [0.1, 0.15) is 44.9 Å². The van der Waals surface area contributed by atoms with Gasteiger partial charge >= 0.3 is 11.9 Å². The Hall–Kier alpha value is -2.08. The number of nitrogens with zero attached hydrogens (tertiary/aromatic N) is 2. The first kappa shape index (κ1) is 21.2. The van der Waals surface area contributed by atoms with E-state index in [1.54, 1.807) is 0 Å². The fraction of sp³-hybridized carbons (Fsp3) is 0.600. The van der Waals surface area contributed by atoms with Gasteiger partial charge in [0.15, 0.2) is 0 Å². The minimum Gasteiger partial charge on any atom is -0.330 e. The van der Waals surface area contributed by atoms with Crippen LogP contribution in [-0.4, -0.2) is 57.2 Å². The summed E-state index contributed by atoms with van der Waals surface area (Å²) in [6.45, 7) is 0. The molecule has 0 aliphatic carbocycles. The number of hydroxylamine groups is 4. The van der Waals surface area contributed by atoms with Crippen LogP contribution in [0.3, 0.4) is 0 Å².